The van der Waals surface area contributed by atoms with E-state index in [0.717, 1.165) is 0 Å². The molecule has 0 aliphatic carbocycles. The summed E-state index contributed by atoms with van der Waals surface area (Å²) >= 11 is 0. The average Bonchev–Trinajstić information content (AvgIpc) is 3.80. The summed E-state index contributed by atoms with van der Waals surface area (Å²) in [5, 5.41) is 80.1. The van der Waals surface area contributed by atoms with Gasteiger partial charge in [-0.15, -0.1) is 11.0 Å². The molecule has 64 heavy (non-hydrogen) atoms. The minimum absolute atomic E-state index is 0. The van der Waals surface area contributed by atoms with Crippen molar-refractivity contribution >= 4 is 58.8 Å². The van der Waals surface area contributed by atoms with Gasteiger partial charge in [-0.2, -0.15) is 11.4 Å². The number of aromatic nitrogens is 4. The first kappa shape index (κ1) is 50.3. The smallest absolute Gasteiger partial charge is 0.664 e. The summed E-state index contributed by atoms with van der Waals surface area (Å²) in [4.78, 5) is 118. The van der Waals surface area contributed by atoms with Crippen LogP contribution in [-0.4, -0.2) is 98.6 Å². The van der Waals surface area contributed by atoms with Crippen LogP contribution in [0.15, 0.2) is 18.2 Å². The van der Waals surface area contributed by atoms with E-state index in [4.69, 9.17) is 19.9 Å². The van der Waals surface area contributed by atoms with Crippen LogP contribution in [0.4, 0.5) is 0 Å². The Morgan fingerprint density at radius 3 is 1.67 bits per heavy atom. The van der Waals surface area contributed by atoms with E-state index in [0.29, 0.717) is 0 Å². The van der Waals surface area contributed by atoms with Crippen molar-refractivity contribution < 1.29 is 96.0 Å². The maximum absolute atomic E-state index is 12.7. The van der Waals surface area contributed by atoms with Crippen molar-refractivity contribution in [2.24, 2.45) is 0 Å². The third-order valence-corrected chi connectivity index (χ3v) is 12.5. The standard InChI is InChI=1S/C43H49N4O16.Co/c1-19-40-23(13-37(58)59)21(5-9-33(50)51)27(46-40)14-26-20(4-8-32(48)49)22(12-36(56)57)28(44-26)15-29-24(6-10-34(52)53)42(2,17-38(60)61)31(45-29)16-30-25(7-11-35(54)55)43(3,18-39(62)63)41(19)47-30;/h14-16,20,22,24-25H,4-13,17-18H2,1-3H3,(H9,44,45,47,48,49,50,51,52,53,54,55,56,57,58,59,60,61,62,63);/q-1;+3/p-1. The van der Waals surface area contributed by atoms with E-state index in [1.54, 1.807) is 13.8 Å². The van der Waals surface area contributed by atoms with Gasteiger partial charge in [0.05, 0.1) is 25.7 Å². The maximum Gasteiger partial charge on any atom is 3.00 e. The molecule has 0 radical (unpaired) electrons. The molecule has 3 aliphatic heterocycles. The molecule has 8 bridgehead atoms. The van der Waals surface area contributed by atoms with Gasteiger partial charge < -0.3 is 50.8 Å². The van der Waals surface area contributed by atoms with Gasteiger partial charge in [0.1, 0.15) is 0 Å². The molecule has 2 aromatic heterocycles. The Morgan fingerprint density at radius 2 is 1.12 bits per heavy atom. The number of aryl methyl sites for hydroxylation is 2. The fourth-order valence-electron chi connectivity index (χ4n) is 9.62. The third-order valence-electron chi connectivity index (χ3n) is 12.5. The summed E-state index contributed by atoms with van der Waals surface area (Å²) in [6.45, 7) is 4.62. The number of carboxylic acid groups (broad SMARTS) is 8. The van der Waals surface area contributed by atoms with Gasteiger partial charge in [0.15, 0.2) is 0 Å². The van der Waals surface area contributed by atoms with E-state index in [1.165, 1.54) is 25.1 Å². The molecule has 6 unspecified atom stereocenters. The van der Waals surface area contributed by atoms with E-state index >= 15 is 0 Å². The van der Waals surface area contributed by atoms with Gasteiger partial charge in [-0.25, -0.2) is 0 Å². The molecule has 0 spiro atoms. The Balaban J connectivity index is 0.00000898. The van der Waals surface area contributed by atoms with E-state index in [1.807, 2.05) is 0 Å². The van der Waals surface area contributed by atoms with Crippen molar-refractivity contribution in [1.29, 1.82) is 0 Å². The molecule has 0 aromatic carbocycles. The minimum Gasteiger partial charge on any atom is -0.664 e. The molecule has 0 fully saturated rings. The van der Waals surface area contributed by atoms with Gasteiger partial charge in [0.25, 0.3) is 0 Å². The van der Waals surface area contributed by atoms with Gasteiger partial charge >= 0.3 is 64.5 Å². The quantitative estimate of drug-likeness (QED) is 0.0921. The molecule has 5 heterocycles. The summed E-state index contributed by atoms with van der Waals surface area (Å²) < 4.78 is 0. The zero-order valence-electron chi connectivity index (χ0n) is 35.0. The van der Waals surface area contributed by atoms with Crippen LogP contribution >= 0.6 is 0 Å². The molecule has 5 rings (SSSR count). The van der Waals surface area contributed by atoms with E-state index < -0.39 is 134 Å². The first-order valence-electron chi connectivity index (χ1n) is 20.1. The van der Waals surface area contributed by atoms with Crippen LogP contribution in [0.5, 0.6) is 0 Å². The zero-order valence-corrected chi connectivity index (χ0v) is 36.0. The second-order valence-corrected chi connectivity index (χ2v) is 16.8. The Bertz CT molecular complexity index is 2460. The van der Waals surface area contributed by atoms with Crippen molar-refractivity contribution in [3.8, 4) is 0 Å². The molecule has 6 atom stereocenters. The molecular formula is C43H48CoN4O16+. The molecule has 344 valence electrons. The van der Waals surface area contributed by atoms with Crippen LogP contribution < -0.4 is 9.97 Å². The Hall–Kier alpha value is -6.35. The number of carboxylic acids is 8. The second kappa shape index (κ2) is 20.0. The summed E-state index contributed by atoms with van der Waals surface area (Å²) in [5.74, 6) is -14.0. The minimum atomic E-state index is -1.52. The number of rotatable bonds is 20. The molecule has 3 aliphatic rings. The number of fused-ring (bicyclic) bond motifs is 8. The first-order valence-corrected chi connectivity index (χ1v) is 20.1. The van der Waals surface area contributed by atoms with Crippen LogP contribution in [0.2, 0.25) is 0 Å². The number of aliphatic carboxylic acids is 8. The largest absolute Gasteiger partial charge is 3.00 e. The van der Waals surface area contributed by atoms with Gasteiger partial charge in [-0.05, 0) is 55.1 Å². The van der Waals surface area contributed by atoms with Crippen molar-refractivity contribution in [3.05, 3.63) is 69.1 Å². The van der Waals surface area contributed by atoms with Crippen molar-refractivity contribution in [1.82, 2.24) is 19.9 Å². The molecule has 0 saturated carbocycles. The summed E-state index contributed by atoms with van der Waals surface area (Å²) in [6.07, 6.45) is -5.12. The molecule has 2 aromatic rings. The van der Waals surface area contributed by atoms with Crippen LogP contribution in [0.3, 0.4) is 0 Å². The van der Waals surface area contributed by atoms with E-state index in [9.17, 15) is 79.2 Å². The zero-order chi connectivity index (χ0) is 46.7. The average molecular weight is 936 g/mol. The Labute approximate surface area is 375 Å². The molecule has 8 N–H and O–H groups in total. The number of hydrogen-bond acceptors (Lipinski definition) is 10. The summed E-state index contributed by atoms with van der Waals surface area (Å²) in [7, 11) is 0. The summed E-state index contributed by atoms with van der Waals surface area (Å²) in [6, 6.07) is 4.27. The van der Waals surface area contributed by atoms with Crippen molar-refractivity contribution in [3.63, 3.8) is 0 Å². The number of hydrogen-bond donors (Lipinski definition) is 8. The SMILES string of the molecule is Cc1c2nc(cc3[n-]c(cc4nc(cc5[n-]c1c(CC(=O)O)c5CCC(=O)O)C(CCC(=O)O)C4CC(=O)O)C(CCC(=O)O)C3(C)CC(=O)O)C(CCC(=O)O)C2(C)CC(=O)O.[Co+3]. The summed E-state index contributed by atoms with van der Waals surface area (Å²) in [5.41, 5.74) is -2.04. The predicted molar refractivity (Wildman–Crippen MR) is 215 cm³/mol. The second-order valence-electron chi connectivity index (χ2n) is 16.8. The van der Waals surface area contributed by atoms with Gasteiger partial charge in [0, 0.05) is 71.6 Å². The Morgan fingerprint density at radius 1 is 0.578 bits per heavy atom. The predicted octanol–water partition coefficient (Wildman–Crippen LogP) is 4.21. The normalized spacial score (nSPS) is 21.9. The van der Waals surface area contributed by atoms with Crippen molar-refractivity contribution in [2.75, 3.05) is 0 Å². The molecule has 20 nitrogen and oxygen atoms in total. The number of nitrogens with zero attached hydrogens (tertiary/aromatic N) is 4. The maximum atomic E-state index is 12.7. The molecule has 21 heteroatoms. The number of carbonyl (C=O) groups is 8. The van der Waals surface area contributed by atoms with E-state index in [-0.39, 0.29) is 104 Å². The van der Waals surface area contributed by atoms with Crippen molar-refractivity contribution in [2.45, 2.75) is 132 Å². The van der Waals surface area contributed by atoms with Crippen LogP contribution in [0, 0.1) is 6.92 Å². The monoisotopic (exact) mass is 935 g/mol. The molecular weight excluding hydrogens is 887 g/mol. The van der Waals surface area contributed by atoms with Gasteiger partial charge in [-0.1, -0.05) is 37.6 Å². The molecule has 0 saturated heterocycles. The molecule has 0 amide bonds. The van der Waals surface area contributed by atoms with Crippen LogP contribution in [0.25, 0.3) is 11.0 Å². The third kappa shape index (κ3) is 10.9. The van der Waals surface area contributed by atoms with Gasteiger partial charge in [-0.3, -0.25) is 48.3 Å². The fraction of sp³-hybridized carbons (Fsp3) is 0.488. The van der Waals surface area contributed by atoms with E-state index in [2.05, 4.69) is 0 Å². The Kier molecular flexibility index (Phi) is 15.7. The van der Waals surface area contributed by atoms with Crippen LogP contribution in [-0.2, 0) is 78.8 Å². The first-order chi connectivity index (χ1) is 29.4. The topological polar surface area (TPSA) is 352 Å². The van der Waals surface area contributed by atoms with Crippen LogP contribution in [0.1, 0.15) is 153 Å². The fourth-order valence-corrected chi connectivity index (χ4v) is 9.62. The van der Waals surface area contributed by atoms with Gasteiger partial charge in [0.2, 0.25) is 0 Å².